The Kier molecular flexibility index (Phi) is 5.37. The fourth-order valence-corrected chi connectivity index (χ4v) is 3.40. The van der Waals surface area contributed by atoms with E-state index >= 15 is 0 Å². The van der Waals surface area contributed by atoms with E-state index in [0.29, 0.717) is 28.6 Å². The maximum absolute atomic E-state index is 12.8. The summed E-state index contributed by atoms with van der Waals surface area (Å²) in [6.07, 6.45) is 1.58. The number of halogens is 1. The van der Waals surface area contributed by atoms with Gasteiger partial charge in [-0.05, 0) is 29.8 Å². The highest BCUT2D eigenvalue weighted by atomic mass is 35.5. The SMILES string of the molecule is CN(Cc1ccccc1)C(=O)Cn1c(=O)n(C)c2nc(-c3ccc(Cl)cc3)ncc21. The highest BCUT2D eigenvalue weighted by molar-refractivity contribution is 6.30. The Bertz CT molecular complexity index is 1260. The zero-order valence-electron chi connectivity index (χ0n) is 16.6. The number of benzene rings is 2. The first-order valence-electron chi connectivity index (χ1n) is 9.40. The molecule has 0 aliphatic carbocycles. The number of carbonyl (C=O) groups excluding carboxylic acids is 1. The minimum Gasteiger partial charge on any atom is -0.340 e. The summed E-state index contributed by atoms with van der Waals surface area (Å²) in [7, 11) is 3.36. The Morgan fingerprint density at radius 1 is 1.10 bits per heavy atom. The van der Waals surface area contributed by atoms with Gasteiger partial charge in [0.05, 0.1) is 6.20 Å². The van der Waals surface area contributed by atoms with E-state index in [9.17, 15) is 9.59 Å². The molecular formula is C22H20ClN5O2. The third-order valence-electron chi connectivity index (χ3n) is 4.96. The van der Waals surface area contributed by atoms with E-state index in [0.717, 1.165) is 11.1 Å². The van der Waals surface area contributed by atoms with E-state index in [4.69, 9.17) is 11.6 Å². The number of likely N-dealkylation sites (N-methyl/N-ethyl adjacent to an activating group) is 1. The molecule has 0 saturated heterocycles. The van der Waals surface area contributed by atoms with Gasteiger partial charge in [-0.15, -0.1) is 0 Å². The van der Waals surface area contributed by atoms with Gasteiger partial charge in [0, 0.05) is 31.2 Å². The van der Waals surface area contributed by atoms with Crippen molar-refractivity contribution in [2.24, 2.45) is 7.05 Å². The fraction of sp³-hybridized carbons (Fsp3) is 0.182. The zero-order chi connectivity index (χ0) is 21.3. The summed E-state index contributed by atoms with van der Waals surface area (Å²) < 4.78 is 2.84. The van der Waals surface area contributed by atoms with Crippen molar-refractivity contribution >= 4 is 28.7 Å². The first kappa shape index (κ1) is 19.8. The lowest BCUT2D eigenvalue weighted by atomic mass is 10.2. The highest BCUT2D eigenvalue weighted by Gasteiger charge is 2.18. The maximum atomic E-state index is 12.8. The minimum absolute atomic E-state index is 0.0802. The van der Waals surface area contributed by atoms with Gasteiger partial charge < -0.3 is 4.90 Å². The van der Waals surface area contributed by atoms with Gasteiger partial charge in [0.2, 0.25) is 5.91 Å². The second kappa shape index (κ2) is 8.12. The number of hydrogen-bond acceptors (Lipinski definition) is 4. The van der Waals surface area contributed by atoms with E-state index in [1.54, 1.807) is 37.3 Å². The Morgan fingerprint density at radius 2 is 1.80 bits per heavy atom. The molecule has 2 heterocycles. The summed E-state index contributed by atoms with van der Waals surface area (Å²) in [6.45, 7) is 0.388. The monoisotopic (exact) mass is 421 g/mol. The van der Waals surface area contributed by atoms with E-state index in [1.807, 2.05) is 42.5 Å². The van der Waals surface area contributed by atoms with Gasteiger partial charge in [-0.1, -0.05) is 41.9 Å². The molecule has 0 bridgehead atoms. The van der Waals surface area contributed by atoms with Crippen LogP contribution in [-0.4, -0.2) is 37.0 Å². The molecule has 4 aromatic rings. The van der Waals surface area contributed by atoms with Gasteiger partial charge in [0.25, 0.3) is 0 Å². The predicted octanol–water partition coefficient (Wildman–Crippen LogP) is 3.11. The van der Waals surface area contributed by atoms with Gasteiger partial charge in [0.1, 0.15) is 12.1 Å². The molecule has 0 atom stereocenters. The molecule has 0 aliphatic rings. The van der Waals surface area contributed by atoms with E-state index in [2.05, 4.69) is 9.97 Å². The average molecular weight is 422 g/mol. The lowest BCUT2D eigenvalue weighted by molar-refractivity contribution is -0.131. The molecule has 0 unspecified atom stereocenters. The van der Waals surface area contributed by atoms with Crippen molar-refractivity contribution in [3.63, 3.8) is 0 Å². The third kappa shape index (κ3) is 3.84. The second-order valence-corrected chi connectivity index (χ2v) is 7.51. The average Bonchev–Trinajstić information content (AvgIpc) is 2.99. The number of fused-ring (bicyclic) bond motifs is 1. The molecule has 152 valence electrons. The van der Waals surface area contributed by atoms with Crippen LogP contribution >= 0.6 is 11.6 Å². The van der Waals surface area contributed by atoms with Crippen molar-refractivity contribution in [2.45, 2.75) is 13.1 Å². The quantitative estimate of drug-likeness (QED) is 0.496. The molecule has 0 aliphatic heterocycles. The Balaban J connectivity index is 1.63. The number of nitrogens with zero attached hydrogens (tertiary/aromatic N) is 5. The molecule has 30 heavy (non-hydrogen) atoms. The maximum Gasteiger partial charge on any atom is 0.330 e. The van der Waals surface area contributed by atoms with Crippen LogP contribution in [0.5, 0.6) is 0 Å². The lowest BCUT2D eigenvalue weighted by Crippen LogP contribution is -2.33. The second-order valence-electron chi connectivity index (χ2n) is 7.07. The normalized spacial score (nSPS) is 11.0. The van der Waals surface area contributed by atoms with Crippen LogP contribution in [0.15, 0.2) is 65.6 Å². The number of amides is 1. The molecular weight excluding hydrogens is 402 g/mol. The first-order chi connectivity index (χ1) is 14.4. The van der Waals surface area contributed by atoms with Crippen LogP contribution in [0.2, 0.25) is 5.02 Å². The van der Waals surface area contributed by atoms with E-state index < -0.39 is 0 Å². The lowest BCUT2D eigenvalue weighted by Gasteiger charge is -2.17. The minimum atomic E-state index is -0.311. The van der Waals surface area contributed by atoms with Crippen LogP contribution in [0, 0.1) is 0 Å². The standard InChI is InChI=1S/C22H20ClN5O2/c1-26(13-15-6-4-3-5-7-15)19(29)14-28-18-12-24-20(16-8-10-17(23)11-9-16)25-21(18)27(2)22(28)30/h3-12H,13-14H2,1-2H3. The van der Waals surface area contributed by atoms with Crippen LogP contribution in [0.25, 0.3) is 22.6 Å². The van der Waals surface area contributed by atoms with Crippen molar-refractivity contribution in [2.75, 3.05) is 7.05 Å². The number of carbonyl (C=O) groups is 1. The molecule has 0 N–H and O–H groups in total. The Labute approximate surface area is 178 Å². The summed E-state index contributed by atoms with van der Waals surface area (Å²) in [5.74, 6) is 0.315. The van der Waals surface area contributed by atoms with E-state index in [-0.39, 0.29) is 18.1 Å². The number of rotatable bonds is 5. The van der Waals surface area contributed by atoms with Crippen molar-refractivity contribution in [3.8, 4) is 11.4 Å². The third-order valence-corrected chi connectivity index (χ3v) is 5.21. The highest BCUT2D eigenvalue weighted by Crippen LogP contribution is 2.20. The molecule has 0 radical (unpaired) electrons. The Morgan fingerprint density at radius 3 is 2.50 bits per heavy atom. The van der Waals surface area contributed by atoms with Gasteiger partial charge in [-0.3, -0.25) is 13.9 Å². The van der Waals surface area contributed by atoms with Crippen LogP contribution in [0.3, 0.4) is 0 Å². The molecule has 2 aromatic carbocycles. The van der Waals surface area contributed by atoms with Crippen LogP contribution in [0.1, 0.15) is 5.56 Å². The number of imidazole rings is 1. The van der Waals surface area contributed by atoms with Gasteiger partial charge in [-0.2, -0.15) is 0 Å². The fourth-order valence-electron chi connectivity index (χ4n) is 3.27. The molecule has 0 fully saturated rings. The van der Waals surface area contributed by atoms with E-state index in [1.165, 1.54) is 9.13 Å². The molecule has 8 heteroatoms. The largest absolute Gasteiger partial charge is 0.340 e. The van der Waals surface area contributed by atoms with Crippen molar-refractivity contribution < 1.29 is 4.79 Å². The van der Waals surface area contributed by atoms with Crippen molar-refractivity contribution in [1.29, 1.82) is 0 Å². The van der Waals surface area contributed by atoms with Crippen LogP contribution < -0.4 is 5.69 Å². The molecule has 1 amide bonds. The molecule has 0 saturated carbocycles. The smallest absolute Gasteiger partial charge is 0.330 e. The summed E-state index contributed by atoms with van der Waals surface area (Å²) in [6, 6.07) is 16.9. The summed E-state index contributed by atoms with van der Waals surface area (Å²) in [5, 5.41) is 0.622. The topological polar surface area (TPSA) is 73.0 Å². The molecule has 7 nitrogen and oxygen atoms in total. The molecule has 2 aromatic heterocycles. The number of aromatic nitrogens is 4. The summed E-state index contributed by atoms with van der Waals surface area (Å²) >= 11 is 5.94. The summed E-state index contributed by atoms with van der Waals surface area (Å²) in [5.41, 5.74) is 2.49. The molecule has 0 spiro atoms. The molecule has 4 rings (SSSR count). The zero-order valence-corrected chi connectivity index (χ0v) is 17.4. The van der Waals surface area contributed by atoms with Crippen molar-refractivity contribution in [3.05, 3.63) is 81.9 Å². The number of hydrogen-bond donors (Lipinski definition) is 0. The Hall–Kier alpha value is -3.45. The number of aryl methyl sites for hydroxylation is 1. The van der Waals surface area contributed by atoms with Gasteiger partial charge in [0.15, 0.2) is 11.5 Å². The first-order valence-corrected chi connectivity index (χ1v) is 9.78. The van der Waals surface area contributed by atoms with Crippen LogP contribution in [-0.2, 0) is 24.9 Å². The predicted molar refractivity (Wildman–Crippen MR) is 116 cm³/mol. The van der Waals surface area contributed by atoms with Gasteiger partial charge >= 0.3 is 5.69 Å². The van der Waals surface area contributed by atoms with Crippen molar-refractivity contribution in [1.82, 2.24) is 24.0 Å². The van der Waals surface area contributed by atoms with Crippen LogP contribution in [0.4, 0.5) is 0 Å². The summed E-state index contributed by atoms with van der Waals surface area (Å²) in [4.78, 5) is 36.0. The van der Waals surface area contributed by atoms with Gasteiger partial charge in [-0.25, -0.2) is 14.8 Å².